The SMILES string of the molecule is CCCCCCCCCC(=O)CC(=Cc1cc(CCC)ncc1C(=O)OC)C(C)=O. The number of ether oxygens (including phenoxy) is 1. The summed E-state index contributed by atoms with van der Waals surface area (Å²) in [5, 5.41) is 0. The number of methoxy groups -OCH3 is 1. The number of carbonyl (C=O) groups excluding carboxylic acids is 3. The summed E-state index contributed by atoms with van der Waals surface area (Å²) in [6.07, 6.45) is 13.5. The molecule has 1 rings (SSSR count). The van der Waals surface area contributed by atoms with Crippen molar-refractivity contribution in [3.63, 3.8) is 0 Å². The van der Waals surface area contributed by atoms with Crippen LogP contribution in [0.3, 0.4) is 0 Å². The van der Waals surface area contributed by atoms with Gasteiger partial charge in [-0.15, -0.1) is 0 Å². The van der Waals surface area contributed by atoms with Gasteiger partial charge in [-0.1, -0.05) is 58.8 Å². The number of carbonyl (C=O) groups is 3. The van der Waals surface area contributed by atoms with E-state index in [1.807, 2.05) is 0 Å². The molecule has 0 unspecified atom stereocenters. The molecule has 0 saturated carbocycles. The highest BCUT2D eigenvalue weighted by molar-refractivity contribution is 6.04. The molecule has 0 spiro atoms. The molecule has 0 amide bonds. The summed E-state index contributed by atoms with van der Waals surface area (Å²) < 4.78 is 4.84. The lowest BCUT2D eigenvalue weighted by atomic mass is 9.97. The number of ketones is 2. The van der Waals surface area contributed by atoms with Crippen LogP contribution in [0.1, 0.15) is 107 Å². The first kappa shape index (κ1) is 25.7. The summed E-state index contributed by atoms with van der Waals surface area (Å²) in [5.74, 6) is -0.603. The van der Waals surface area contributed by atoms with Crippen LogP contribution in [0.4, 0.5) is 0 Å². The van der Waals surface area contributed by atoms with Gasteiger partial charge in [0.05, 0.1) is 12.7 Å². The van der Waals surface area contributed by atoms with Crippen molar-refractivity contribution in [2.24, 2.45) is 0 Å². The number of esters is 1. The summed E-state index contributed by atoms with van der Waals surface area (Å²) in [5.41, 5.74) is 2.14. The minimum atomic E-state index is -0.505. The highest BCUT2D eigenvalue weighted by Crippen LogP contribution is 2.19. The van der Waals surface area contributed by atoms with Crippen molar-refractivity contribution < 1.29 is 19.1 Å². The standard InChI is InChI=1S/C25H37NO4/c1-5-7-8-9-10-11-12-14-23(28)17-20(19(3)27)15-21-16-22(13-6-2)26-18-24(21)25(29)30-4/h15-16,18H,5-14,17H2,1-4H3. The fourth-order valence-electron chi connectivity index (χ4n) is 3.35. The summed E-state index contributed by atoms with van der Waals surface area (Å²) in [6.45, 7) is 5.71. The Balaban J connectivity index is 2.84. The number of allylic oxidation sites excluding steroid dienone is 1. The summed E-state index contributed by atoms with van der Waals surface area (Å²) in [7, 11) is 1.31. The van der Waals surface area contributed by atoms with Crippen LogP contribution in [-0.4, -0.2) is 29.6 Å². The van der Waals surface area contributed by atoms with Crippen molar-refractivity contribution in [1.82, 2.24) is 4.98 Å². The first-order valence-electron chi connectivity index (χ1n) is 11.2. The maximum atomic E-state index is 12.4. The number of unbranched alkanes of at least 4 members (excludes halogenated alkanes) is 6. The quantitative estimate of drug-likeness (QED) is 0.203. The molecule has 5 nitrogen and oxygen atoms in total. The smallest absolute Gasteiger partial charge is 0.340 e. The van der Waals surface area contributed by atoms with Crippen LogP contribution in [0, 0.1) is 0 Å². The molecule has 0 aliphatic carbocycles. The molecule has 0 N–H and O–H groups in total. The highest BCUT2D eigenvalue weighted by atomic mass is 16.5. The van der Waals surface area contributed by atoms with Gasteiger partial charge in [0, 0.05) is 30.3 Å². The van der Waals surface area contributed by atoms with Crippen LogP contribution >= 0.6 is 0 Å². The maximum absolute atomic E-state index is 12.4. The minimum Gasteiger partial charge on any atom is -0.465 e. The Hall–Kier alpha value is -2.30. The zero-order valence-corrected chi connectivity index (χ0v) is 19.1. The van der Waals surface area contributed by atoms with E-state index < -0.39 is 5.97 Å². The van der Waals surface area contributed by atoms with Gasteiger partial charge in [0.2, 0.25) is 0 Å². The fourth-order valence-corrected chi connectivity index (χ4v) is 3.35. The van der Waals surface area contributed by atoms with Crippen LogP contribution in [0.5, 0.6) is 0 Å². The van der Waals surface area contributed by atoms with Crippen LogP contribution in [0.25, 0.3) is 6.08 Å². The van der Waals surface area contributed by atoms with E-state index in [1.165, 1.54) is 45.9 Å². The Morgan fingerprint density at radius 1 is 1.00 bits per heavy atom. The van der Waals surface area contributed by atoms with Crippen LogP contribution < -0.4 is 0 Å². The van der Waals surface area contributed by atoms with E-state index in [0.717, 1.165) is 37.8 Å². The molecule has 0 bridgehead atoms. The van der Waals surface area contributed by atoms with Crippen molar-refractivity contribution in [3.8, 4) is 0 Å². The van der Waals surface area contributed by atoms with E-state index in [1.54, 1.807) is 12.1 Å². The van der Waals surface area contributed by atoms with Crippen molar-refractivity contribution in [1.29, 1.82) is 0 Å². The van der Waals surface area contributed by atoms with E-state index in [-0.39, 0.29) is 18.0 Å². The Bertz CT molecular complexity index is 737. The third kappa shape index (κ3) is 9.47. The van der Waals surface area contributed by atoms with Gasteiger partial charge in [0.15, 0.2) is 5.78 Å². The molecule has 0 atom stereocenters. The lowest BCUT2D eigenvalue weighted by Crippen LogP contribution is -2.09. The van der Waals surface area contributed by atoms with Crippen molar-refractivity contribution in [2.45, 2.75) is 91.4 Å². The Morgan fingerprint density at radius 2 is 1.67 bits per heavy atom. The predicted octanol–water partition coefficient (Wildman–Crippen LogP) is 5.89. The minimum absolute atomic E-state index is 0.0625. The second-order valence-electron chi connectivity index (χ2n) is 7.82. The average Bonchev–Trinajstić information content (AvgIpc) is 2.72. The van der Waals surface area contributed by atoms with Gasteiger partial charge in [0.25, 0.3) is 0 Å². The normalized spacial score (nSPS) is 11.4. The third-order valence-corrected chi connectivity index (χ3v) is 5.13. The number of aryl methyl sites for hydroxylation is 1. The largest absolute Gasteiger partial charge is 0.465 e. The molecule has 0 aliphatic heterocycles. The molecule has 166 valence electrons. The highest BCUT2D eigenvalue weighted by Gasteiger charge is 2.16. The molecule has 0 aliphatic rings. The van der Waals surface area contributed by atoms with Crippen LogP contribution in [0.2, 0.25) is 0 Å². The molecule has 0 aromatic carbocycles. The Labute approximate surface area is 181 Å². The third-order valence-electron chi connectivity index (χ3n) is 5.13. The van der Waals surface area contributed by atoms with Crippen molar-refractivity contribution in [2.75, 3.05) is 7.11 Å². The monoisotopic (exact) mass is 415 g/mol. The van der Waals surface area contributed by atoms with Gasteiger partial charge >= 0.3 is 5.97 Å². The topological polar surface area (TPSA) is 73.3 Å². The van der Waals surface area contributed by atoms with Gasteiger partial charge in [0.1, 0.15) is 5.78 Å². The molecular formula is C25H37NO4. The zero-order chi connectivity index (χ0) is 22.4. The Kier molecular flexibility index (Phi) is 12.6. The van der Waals surface area contributed by atoms with E-state index >= 15 is 0 Å². The molecular weight excluding hydrogens is 378 g/mol. The van der Waals surface area contributed by atoms with Crippen molar-refractivity contribution >= 4 is 23.6 Å². The van der Waals surface area contributed by atoms with Crippen molar-refractivity contribution in [3.05, 3.63) is 34.7 Å². The molecule has 1 heterocycles. The van der Waals surface area contributed by atoms with E-state index in [0.29, 0.717) is 23.1 Å². The van der Waals surface area contributed by atoms with E-state index in [4.69, 9.17) is 4.74 Å². The zero-order valence-electron chi connectivity index (χ0n) is 19.1. The van der Waals surface area contributed by atoms with Gasteiger partial charge in [-0.2, -0.15) is 0 Å². The van der Waals surface area contributed by atoms with Crippen LogP contribution in [0.15, 0.2) is 17.8 Å². The van der Waals surface area contributed by atoms with Gasteiger partial charge in [-0.05, 0) is 37.5 Å². The summed E-state index contributed by atoms with van der Waals surface area (Å²) in [6, 6.07) is 1.81. The molecule has 1 aromatic heterocycles. The molecule has 0 saturated heterocycles. The summed E-state index contributed by atoms with van der Waals surface area (Å²) in [4.78, 5) is 41.0. The first-order valence-corrected chi connectivity index (χ1v) is 11.2. The number of aromatic nitrogens is 1. The van der Waals surface area contributed by atoms with E-state index in [2.05, 4.69) is 18.8 Å². The maximum Gasteiger partial charge on any atom is 0.340 e. The first-order chi connectivity index (χ1) is 14.4. The van der Waals surface area contributed by atoms with Crippen LogP contribution in [-0.2, 0) is 20.7 Å². The van der Waals surface area contributed by atoms with E-state index in [9.17, 15) is 14.4 Å². The molecule has 1 aromatic rings. The summed E-state index contributed by atoms with van der Waals surface area (Å²) >= 11 is 0. The number of hydrogen-bond acceptors (Lipinski definition) is 5. The number of nitrogens with zero attached hydrogens (tertiary/aromatic N) is 1. The number of hydrogen-bond donors (Lipinski definition) is 0. The fraction of sp³-hybridized carbons (Fsp3) is 0.600. The molecule has 0 radical (unpaired) electrons. The second-order valence-corrected chi connectivity index (χ2v) is 7.82. The van der Waals surface area contributed by atoms with Gasteiger partial charge < -0.3 is 4.74 Å². The number of Topliss-reactive ketones (excluding diaryl/α,β-unsaturated/α-hetero) is 2. The number of pyridine rings is 1. The second kappa shape index (κ2) is 14.6. The molecule has 0 fully saturated rings. The Morgan fingerprint density at radius 3 is 2.27 bits per heavy atom. The molecule has 5 heteroatoms. The average molecular weight is 416 g/mol. The predicted molar refractivity (Wildman–Crippen MR) is 120 cm³/mol. The van der Waals surface area contributed by atoms with Gasteiger partial charge in [-0.25, -0.2) is 4.79 Å². The van der Waals surface area contributed by atoms with Gasteiger partial charge in [-0.3, -0.25) is 14.6 Å². The number of rotatable bonds is 15. The lowest BCUT2D eigenvalue weighted by molar-refractivity contribution is -0.120. The lowest BCUT2D eigenvalue weighted by Gasteiger charge is -2.09. The molecule has 30 heavy (non-hydrogen) atoms.